The Morgan fingerprint density at radius 2 is 2.24 bits per heavy atom. The predicted octanol–water partition coefficient (Wildman–Crippen LogP) is 2.39. The smallest absolute Gasteiger partial charge is 0.326 e. The molecule has 2 N–H and O–H groups in total. The van der Waals surface area contributed by atoms with Crippen molar-refractivity contribution in [2.45, 2.75) is 19.4 Å². The van der Waals surface area contributed by atoms with Crippen LogP contribution in [0.3, 0.4) is 0 Å². The topological polar surface area (TPSA) is 75.6 Å². The number of carboxylic acid groups (broad SMARTS) is 1. The van der Waals surface area contributed by atoms with Crippen molar-refractivity contribution in [1.29, 1.82) is 0 Å². The van der Waals surface area contributed by atoms with Crippen LogP contribution < -0.4 is 10.1 Å². The quantitative estimate of drug-likeness (QED) is 0.758. The summed E-state index contributed by atoms with van der Waals surface area (Å²) in [5, 5.41) is 11.3. The van der Waals surface area contributed by atoms with Gasteiger partial charge < -0.3 is 15.2 Å². The predicted molar refractivity (Wildman–Crippen MR) is 75.9 cm³/mol. The molecule has 21 heavy (non-hydrogen) atoms. The van der Waals surface area contributed by atoms with Gasteiger partial charge in [0.1, 0.15) is 17.6 Å². The molecule has 0 bridgehead atoms. The van der Waals surface area contributed by atoms with Crippen LogP contribution in [0.15, 0.2) is 30.4 Å². The minimum absolute atomic E-state index is 0.0338. The molecule has 0 fully saturated rings. The molecule has 0 saturated heterocycles. The fourth-order valence-electron chi connectivity index (χ4n) is 1.47. The SMILES string of the molecule is C/C=C/CC(NC(=O)COc1ccc(F)cc1Cl)C(=O)O. The van der Waals surface area contributed by atoms with Gasteiger partial charge in [-0.15, -0.1) is 0 Å². The summed E-state index contributed by atoms with van der Waals surface area (Å²) >= 11 is 5.74. The zero-order valence-electron chi connectivity index (χ0n) is 11.3. The van der Waals surface area contributed by atoms with Gasteiger partial charge in [-0.1, -0.05) is 23.8 Å². The average molecular weight is 316 g/mol. The monoisotopic (exact) mass is 315 g/mol. The number of carbonyl (C=O) groups is 2. The molecule has 0 aliphatic rings. The first-order valence-electron chi connectivity index (χ1n) is 6.15. The van der Waals surface area contributed by atoms with Gasteiger partial charge in [-0.25, -0.2) is 9.18 Å². The van der Waals surface area contributed by atoms with Gasteiger partial charge in [0.15, 0.2) is 6.61 Å². The highest BCUT2D eigenvalue weighted by Gasteiger charge is 2.18. The molecule has 114 valence electrons. The van der Waals surface area contributed by atoms with Gasteiger partial charge in [-0.05, 0) is 31.5 Å². The number of hydrogen-bond donors (Lipinski definition) is 2. The summed E-state index contributed by atoms with van der Waals surface area (Å²) in [7, 11) is 0. The number of amides is 1. The fourth-order valence-corrected chi connectivity index (χ4v) is 1.69. The number of benzene rings is 1. The molecule has 1 aromatic carbocycles. The zero-order chi connectivity index (χ0) is 15.8. The Morgan fingerprint density at radius 1 is 1.52 bits per heavy atom. The second kappa shape index (κ2) is 8.26. The van der Waals surface area contributed by atoms with Crippen molar-refractivity contribution in [1.82, 2.24) is 5.32 Å². The van der Waals surface area contributed by atoms with E-state index in [1.807, 2.05) is 0 Å². The standard InChI is InChI=1S/C14H15ClFNO4/c1-2-3-4-11(14(19)20)17-13(18)8-21-12-6-5-9(16)7-10(12)15/h2-3,5-7,11H,4,8H2,1H3,(H,17,18)(H,19,20)/b3-2+. The highest BCUT2D eigenvalue weighted by atomic mass is 35.5. The Kier molecular flexibility index (Phi) is 6.68. The maximum atomic E-state index is 12.8. The van der Waals surface area contributed by atoms with Gasteiger partial charge in [0.2, 0.25) is 0 Å². The van der Waals surface area contributed by atoms with E-state index in [0.29, 0.717) is 0 Å². The largest absolute Gasteiger partial charge is 0.482 e. The van der Waals surface area contributed by atoms with Gasteiger partial charge in [0, 0.05) is 0 Å². The molecular weight excluding hydrogens is 301 g/mol. The lowest BCUT2D eigenvalue weighted by Gasteiger charge is -2.13. The number of aliphatic carboxylic acids is 1. The van der Waals surface area contributed by atoms with Crippen LogP contribution in [0.1, 0.15) is 13.3 Å². The lowest BCUT2D eigenvalue weighted by molar-refractivity contribution is -0.142. The number of nitrogens with one attached hydrogen (secondary N) is 1. The van der Waals surface area contributed by atoms with E-state index in [0.717, 1.165) is 12.1 Å². The van der Waals surface area contributed by atoms with E-state index in [2.05, 4.69) is 5.32 Å². The van der Waals surface area contributed by atoms with Crippen LogP contribution >= 0.6 is 11.6 Å². The highest BCUT2D eigenvalue weighted by molar-refractivity contribution is 6.32. The molecular formula is C14H15ClFNO4. The Labute approximate surface area is 126 Å². The number of ether oxygens (including phenoxy) is 1. The third-order valence-electron chi connectivity index (χ3n) is 2.49. The molecule has 0 spiro atoms. The van der Waals surface area contributed by atoms with Crippen LogP contribution in [0, 0.1) is 5.82 Å². The number of carbonyl (C=O) groups excluding carboxylic acids is 1. The van der Waals surface area contributed by atoms with Gasteiger partial charge in [0.05, 0.1) is 5.02 Å². The van der Waals surface area contributed by atoms with E-state index in [1.165, 1.54) is 6.07 Å². The summed E-state index contributed by atoms with van der Waals surface area (Å²) in [6.07, 6.45) is 3.50. The second-order valence-electron chi connectivity index (χ2n) is 4.13. The van der Waals surface area contributed by atoms with E-state index in [1.54, 1.807) is 19.1 Å². The summed E-state index contributed by atoms with van der Waals surface area (Å²) in [6.45, 7) is 1.34. The van der Waals surface area contributed by atoms with Crippen molar-refractivity contribution in [2.75, 3.05) is 6.61 Å². The van der Waals surface area contributed by atoms with Crippen molar-refractivity contribution >= 4 is 23.5 Å². The van der Waals surface area contributed by atoms with Crippen LogP contribution in [0.25, 0.3) is 0 Å². The maximum Gasteiger partial charge on any atom is 0.326 e. The molecule has 5 nitrogen and oxygen atoms in total. The fraction of sp³-hybridized carbons (Fsp3) is 0.286. The zero-order valence-corrected chi connectivity index (χ0v) is 12.1. The minimum Gasteiger partial charge on any atom is -0.482 e. The third kappa shape index (κ3) is 5.83. The Morgan fingerprint density at radius 3 is 2.81 bits per heavy atom. The van der Waals surface area contributed by atoms with Gasteiger partial charge >= 0.3 is 5.97 Å². The molecule has 7 heteroatoms. The van der Waals surface area contributed by atoms with Crippen molar-refractivity contribution in [3.63, 3.8) is 0 Å². The number of carboxylic acids is 1. The summed E-state index contributed by atoms with van der Waals surface area (Å²) < 4.78 is 18.0. The molecule has 0 aliphatic heterocycles. The maximum absolute atomic E-state index is 12.8. The van der Waals surface area contributed by atoms with E-state index >= 15 is 0 Å². The van der Waals surface area contributed by atoms with E-state index in [9.17, 15) is 14.0 Å². The molecule has 0 radical (unpaired) electrons. The van der Waals surface area contributed by atoms with Crippen LogP contribution in [-0.4, -0.2) is 29.6 Å². The normalized spacial score (nSPS) is 12.1. The Hall–Kier alpha value is -2.08. The molecule has 1 rings (SSSR count). The van der Waals surface area contributed by atoms with Crippen LogP contribution in [0.4, 0.5) is 4.39 Å². The first kappa shape index (κ1) is 17.0. The molecule has 1 amide bonds. The second-order valence-corrected chi connectivity index (χ2v) is 4.53. The first-order chi connectivity index (χ1) is 9.93. The Balaban J connectivity index is 2.54. The average Bonchev–Trinajstić information content (AvgIpc) is 2.42. The molecule has 0 aromatic heterocycles. The lowest BCUT2D eigenvalue weighted by Crippen LogP contribution is -2.42. The molecule has 1 aromatic rings. The molecule has 0 saturated carbocycles. The van der Waals surface area contributed by atoms with Crippen molar-refractivity contribution < 1.29 is 23.8 Å². The number of hydrogen-bond acceptors (Lipinski definition) is 3. The number of allylic oxidation sites excluding steroid dienone is 1. The summed E-state index contributed by atoms with van der Waals surface area (Å²) in [5.74, 6) is -2.11. The summed E-state index contributed by atoms with van der Waals surface area (Å²) in [6, 6.07) is 2.46. The van der Waals surface area contributed by atoms with Crippen LogP contribution in [0.2, 0.25) is 5.02 Å². The van der Waals surface area contributed by atoms with Gasteiger partial charge in [-0.2, -0.15) is 0 Å². The number of rotatable bonds is 7. The Bertz CT molecular complexity index is 548. The van der Waals surface area contributed by atoms with E-state index < -0.39 is 30.3 Å². The minimum atomic E-state index is -1.14. The van der Waals surface area contributed by atoms with E-state index in [-0.39, 0.29) is 17.2 Å². The molecule has 0 heterocycles. The van der Waals surface area contributed by atoms with Crippen molar-refractivity contribution in [2.24, 2.45) is 0 Å². The summed E-state index contributed by atoms with van der Waals surface area (Å²) in [5.41, 5.74) is 0. The van der Waals surface area contributed by atoms with Crippen LogP contribution in [-0.2, 0) is 9.59 Å². The van der Waals surface area contributed by atoms with E-state index in [4.69, 9.17) is 21.4 Å². The molecule has 1 atom stereocenters. The van der Waals surface area contributed by atoms with Crippen molar-refractivity contribution in [3.8, 4) is 5.75 Å². The lowest BCUT2D eigenvalue weighted by atomic mass is 10.2. The van der Waals surface area contributed by atoms with Crippen molar-refractivity contribution in [3.05, 3.63) is 41.2 Å². The summed E-state index contributed by atoms with van der Waals surface area (Å²) in [4.78, 5) is 22.6. The number of halogens is 2. The van der Waals surface area contributed by atoms with Gasteiger partial charge in [-0.3, -0.25) is 4.79 Å². The van der Waals surface area contributed by atoms with Crippen LogP contribution in [0.5, 0.6) is 5.75 Å². The van der Waals surface area contributed by atoms with Gasteiger partial charge in [0.25, 0.3) is 5.91 Å². The first-order valence-corrected chi connectivity index (χ1v) is 6.53. The highest BCUT2D eigenvalue weighted by Crippen LogP contribution is 2.24. The molecule has 1 unspecified atom stereocenters. The third-order valence-corrected chi connectivity index (χ3v) is 2.79. The molecule has 0 aliphatic carbocycles.